The molecule has 0 saturated heterocycles. The molecule has 0 atom stereocenters. The third kappa shape index (κ3) is 3.46. The van der Waals surface area contributed by atoms with Gasteiger partial charge in [-0.3, -0.25) is 4.79 Å². The molecular weight excluding hydrogens is 300 g/mol. The van der Waals surface area contributed by atoms with Crippen molar-refractivity contribution < 1.29 is 9.21 Å². The maximum absolute atomic E-state index is 12.0. The molecule has 1 heterocycles. The van der Waals surface area contributed by atoms with Crippen molar-refractivity contribution in [1.29, 1.82) is 0 Å². The number of halogens is 1. The van der Waals surface area contributed by atoms with Crippen molar-refractivity contribution in [3.63, 3.8) is 0 Å². The highest BCUT2D eigenvalue weighted by Crippen LogP contribution is 2.17. The molecule has 3 aromatic rings. The standard InChI is InChI=1S/C17H15ClN2O2/c1-11-20-15-6-5-13(8-16(15)22-11)10-19-17(21)9-12-3-2-4-14(18)7-12/h2-8H,9-10H2,1H3,(H,19,21). The van der Waals surface area contributed by atoms with Gasteiger partial charge in [0.2, 0.25) is 5.91 Å². The van der Waals surface area contributed by atoms with Gasteiger partial charge in [-0.15, -0.1) is 0 Å². The lowest BCUT2D eigenvalue weighted by molar-refractivity contribution is -0.120. The summed E-state index contributed by atoms with van der Waals surface area (Å²) in [5.41, 5.74) is 3.43. The van der Waals surface area contributed by atoms with Crippen LogP contribution in [0.4, 0.5) is 0 Å². The number of aromatic nitrogens is 1. The lowest BCUT2D eigenvalue weighted by atomic mass is 10.1. The van der Waals surface area contributed by atoms with Crippen molar-refractivity contribution in [1.82, 2.24) is 10.3 Å². The van der Waals surface area contributed by atoms with E-state index in [0.717, 1.165) is 22.2 Å². The van der Waals surface area contributed by atoms with Gasteiger partial charge in [0.1, 0.15) is 5.52 Å². The number of nitrogens with one attached hydrogen (secondary N) is 1. The molecule has 0 aliphatic rings. The highest BCUT2D eigenvalue weighted by molar-refractivity contribution is 6.30. The maximum atomic E-state index is 12.0. The Morgan fingerprint density at radius 1 is 1.23 bits per heavy atom. The van der Waals surface area contributed by atoms with Crippen LogP contribution in [-0.2, 0) is 17.8 Å². The molecule has 0 fully saturated rings. The normalized spacial score (nSPS) is 10.8. The second kappa shape index (κ2) is 6.20. The summed E-state index contributed by atoms with van der Waals surface area (Å²) in [7, 11) is 0. The molecule has 0 saturated carbocycles. The Balaban J connectivity index is 1.62. The van der Waals surface area contributed by atoms with Gasteiger partial charge >= 0.3 is 0 Å². The Morgan fingerprint density at radius 3 is 2.91 bits per heavy atom. The molecule has 1 amide bonds. The van der Waals surface area contributed by atoms with Gasteiger partial charge in [-0.1, -0.05) is 29.8 Å². The van der Waals surface area contributed by atoms with Gasteiger partial charge < -0.3 is 9.73 Å². The minimum Gasteiger partial charge on any atom is -0.441 e. The van der Waals surface area contributed by atoms with E-state index in [0.29, 0.717) is 23.9 Å². The summed E-state index contributed by atoms with van der Waals surface area (Å²) in [6, 6.07) is 13.0. The van der Waals surface area contributed by atoms with E-state index in [1.807, 2.05) is 37.3 Å². The average Bonchev–Trinajstić information content (AvgIpc) is 2.84. The van der Waals surface area contributed by atoms with Crippen molar-refractivity contribution in [2.45, 2.75) is 19.9 Å². The first-order valence-corrected chi connectivity index (χ1v) is 7.35. The van der Waals surface area contributed by atoms with Gasteiger partial charge in [-0.05, 0) is 35.4 Å². The number of benzene rings is 2. The summed E-state index contributed by atoms with van der Waals surface area (Å²) in [5.74, 6) is 0.591. The maximum Gasteiger partial charge on any atom is 0.224 e. The molecular formula is C17H15ClN2O2. The Kier molecular flexibility index (Phi) is 4.11. The fourth-order valence-electron chi connectivity index (χ4n) is 2.29. The van der Waals surface area contributed by atoms with Crippen molar-refractivity contribution in [3.05, 3.63) is 64.5 Å². The van der Waals surface area contributed by atoms with Crippen LogP contribution in [0, 0.1) is 6.92 Å². The van der Waals surface area contributed by atoms with E-state index in [2.05, 4.69) is 10.3 Å². The number of hydrogen-bond donors (Lipinski definition) is 1. The van der Waals surface area contributed by atoms with E-state index in [1.54, 1.807) is 12.1 Å². The summed E-state index contributed by atoms with van der Waals surface area (Å²) in [5, 5.41) is 3.53. The highest BCUT2D eigenvalue weighted by atomic mass is 35.5. The highest BCUT2D eigenvalue weighted by Gasteiger charge is 2.06. The summed E-state index contributed by atoms with van der Waals surface area (Å²) in [4.78, 5) is 16.2. The molecule has 112 valence electrons. The van der Waals surface area contributed by atoms with Crippen molar-refractivity contribution in [3.8, 4) is 0 Å². The molecule has 1 aromatic heterocycles. The molecule has 1 N–H and O–H groups in total. The van der Waals surface area contributed by atoms with Crippen molar-refractivity contribution >= 4 is 28.6 Å². The quantitative estimate of drug-likeness (QED) is 0.799. The van der Waals surface area contributed by atoms with Crippen LogP contribution >= 0.6 is 11.6 Å². The first-order chi connectivity index (χ1) is 10.6. The van der Waals surface area contributed by atoms with Crippen LogP contribution in [0.5, 0.6) is 0 Å². The summed E-state index contributed by atoms with van der Waals surface area (Å²) in [6.45, 7) is 2.27. The van der Waals surface area contributed by atoms with Crippen molar-refractivity contribution in [2.24, 2.45) is 0 Å². The molecule has 0 aliphatic carbocycles. The fraction of sp³-hybridized carbons (Fsp3) is 0.176. The van der Waals surface area contributed by atoms with Crippen LogP contribution in [0.3, 0.4) is 0 Å². The van der Waals surface area contributed by atoms with Gasteiger partial charge in [0.15, 0.2) is 11.5 Å². The molecule has 0 bridgehead atoms. The Labute approximate surface area is 133 Å². The zero-order chi connectivity index (χ0) is 15.5. The Bertz CT molecular complexity index is 826. The van der Waals surface area contributed by atoms with Gasteiger partial charge in [0, 0.05) is 18.5 Å². The molecule has 5 heteroatoms. The van der Waals surface area contributed by atoms with E-state index in [1.165, 1.54) is 0 Å². The van der Waals surface area contributed by atoms with Gasteiger partial charge in [-0.25, -0.2) is 4.98 Å². The monoisotopic (exact) mass is 314 g/mol. The number of aryl methyl sites for hydroxylation is 1. The first kappa shape index (κ1) is 14.6. The van der Waals surface area contributed by atoms with Crippen LogP contribution in [0.15, 0.2) is 46.9 Å². The van der Waals surface area contributed by atoms with Crippen LogP contribution in [0.1, 0.15) is 17.0 Å². The van der Waals surface area contributed by atoms with E-state index >= 15 is 0 Å². The first-order valence-electron chi connectivity index (χ1n) is 6.97. The SMILES string of the molecule is Cc1nc2ccc(CNC(=O)Cc3cccc(Cl)c3)cc2o1. The number of fused-ring (bicyclic) bond motifs is 1. The van der Waals surface area contributed by atoms with Crippen molar-refractivity contribution in [2.75, 3.05) is 0 Å². The summed E-state index contributed by atoms with van der Waals surface area (Å²) in [6.07, 6.45) is 0.310. The molecule has 2 aromatic carbocycles. The number of hydrogen-bond acceptors (Lipinski definition) is 3. The predicted molar refractivity (Wildman–Crippen MR) is 85.7 cm³/mol. The molecule has 0 unspecified atom stereocenters. The van der Waals surface area contributed by atoms with Gasteiger partial charge in [0.25, 0.3) is 0 Å². The smallest absolute Gasteiger partial charge is 0.224 e. The topological polar surface area (TPSA) is 55.1 Å². The molecule has 3 rings (SSSR count). The zero-order valence-electron chi connectivity index (χ0n) is 12.1. The Hall–Kier alpha value is -2.33. The molecule has 22 heavy (non-hydrogen) atoms. The minimum atomic E-state index is -0.0453. The number of nitrogens with zero attached hydrogens (tertiary/aromatic N) is 1. The minimum absolute atomic E-state index is 0.0453. The second-order valence-electron chi connectivity index (χ2n) is 5.12. The average molecular weight is 315 g/mol. The van der Waals surface area contributed by atoms with Gasteiger partial charge in [0.05, 0.1) is 6.42 Å². The number of carbonyl (C=O) groups is 1. The molecule has 0 spiro atoms. The van der Waals surface area contributed by atoms with Gasteiger partial charge in [-0.2, -0.15) is 0 Å². The summed E-state index contributed by atoms with van der Waals surface area (Å²) >= 11 is 5.91. The molecule has 4 nitrogen and oxygen atoms in total. The van der Waals surface area contributed by atoms with E-state index in [4.69, 9.17) is 16.0 Å². The lowest BCUT2D eigenvalue weighted by Gasteiger charge is -2.06. The van der Waals surface area contributed by atoms with Crippen LogP contribution in [0.2, 0.25) is 5.02 Å². The number of amides is 1. The molecule has 0 radical (unpaired) electrons. The summed E-state index contributed by atoms with van der Waals surface area (Å²) < 4.78 is 5.49. The lowest BCUT2D eigenvalue weighted by Crippen LogP contribution is -2.24. The third-order valence-corrected chi connectivity index (χ3v) is 3.54. The number of carbonyl (C=O) groups excluding carboxylic acids is 1. The predicted octanol–water partition coefficient (Wildman–Crippen LogP) is 3.65. The molecule has 0 aliphatic heterocycles. The largest absolute Gasteiger partial charge is 0.441 e. The van der Waals surface area contributed by atoms with E-state index in [-0.39, 0.29) is 5.91 Å². The van der Waals surface area contributed by atoms with Crippen LogP contribution in [-0.4, -0.2) is 10.9 Å². The zero-order valence-corrected chi connectivity index (χ0v) is 12.9. The third-order valence-electron chi connectivity index (χ3n) is 3.30. The second-order valence-corrected chi connectivity index (χ2v) is 5.55. The number of rotatable bonds is 4. The van der Waals surface area contributed by atoms with Crippen LogP contribution in [0.25, 0.3) is 11.1 Å². The fourth-order valence-corrected chi connectivity index (χ4v) is 2.50. The number of oxazole rings is 1. The van der Waals surface area contributed by atoms with E-state index < -0.39 is 0 Å². The Morgan fingerprint density at radius 2 is 2.09 bits per heavy atom. The van der Waals surface area contributed by atoms with E-state index in [9.17, 15) is 4.79 Å². The van der Waals surface area contributed by atoms with Crippen LogP contribution < -0.4 is 5.32 Å².